The van der Waals surface area contributed by atoms with Crippen molar-refractivity contribution < 1.29 is 9.26 Å². The van der Waals surface area contributed by atoms with E-state index < -0.39 is 0 Å². The Hall–Kier alpha value is -2.34. The van der Waals surface area contributed by atoms with Crippen molar-refractivity contribution in [3.8, 4) is 11.3 Å². The fourth-order valence-corrected chi connectivity index (χ4v) is 2.89. The van der Waals surface area contributed by atoms with Crippen LogP contribution in [0.4, 0.5) is 0 Å². The van der Waals surface area contributed by atoms with Crippen molar-refractivity contribution in [2.24, 2.45) is 10.9 Å². The zero-order valence-electron chi connectivity index (χ0n) is 14.2. The number of hydrogen-bond donors (Lipinski definition) is 1. The van der Waals surface area contributed by atoms with E-state index in [-0.39, 0.29) is 0 Å². The van der Waals surface area contributed by atoms with Crippen LogP contribution in [-0.4, -0.2) is 49.9 Å². The van der Waals surface area contributed by atoms with Gasteiger partial charge in [0.1, 0.15) is 5.69 Å². The second-order valence-electron chi connectivity index (χ2n) is 6.06. The van der Waals surface area contributed by atoms with Gasteiger partial charge in [0.2, 0.25) is 0 Å². The van der Waals surface area contributed by atoms with E-state index in [1.807, 2.05) is 43.4 Å². The third-order valence-electron chi connectivity index (χ3n) is 4.17. The maximum atomic E-state index is 5.44. The summed E-state index contributed by atoms with van der Waals surface area (Å²) >= 11 is 0. The minimum absolute atomic E-state index is 0.574. The van der Waals surface area contributed by atoms with Gasteiger partial charge in [-0.1, -0.05) is 35.5 Å². The average Bonchev–Trinajstić information content (AvgIpc) is 3.28. The van der Waals surface area contributed by atoms with Gasteiger partial charge in [0.05, 0.1) is 13.2 Å². The summed E-state index contributed by atoms with van der Waals surface area (Å²) in [6.45, 7) is 3.22. The molecule has 1 aromatic heterocycles. The highest BCUT2D eigenvalue weighted by Gasteiger charge is 2.19. The van der Waals surface area contributed by atoms with Crippen LogP contribution >= 0.6 is 0 Å². The Labute approximate surface area is 142 Å². The van der Waals surface area contributed by atoms with Gasteiger partial charge in [0.25, 0.3) is 0 Å². The van der Waals surface area contributed by atoms with E-state index in [0.29, 0.717) is 12.5 Å². The predicted octanol–water partition coefficient (Wildman–Crippen LogP) is 2.39. The lowest BCUT2D eigenvalue weighted by atomic mass is 10.1. The third-order valence-corrected chi connectivity index (χ3v) is 4.17. The molecule has 0 bridgehead atoms. The van der Waals surface area contributed by atoms with Crippen LogP contribution in [0.25, 0.3) is 11.3 Å². The van der Waals surface area contributed by atoms with Gasteiger partial charge in [-0.05, 0) is 6.42 Å². The van der Waals surface area contributed by atoms with Gasteiger partial charge in [-0.25, -0.2) is 0 Å². The molecule has 0 saturated carbocycles. The van der Waals surface area contributed by atoms with E-state index in [4.69, 9.17) is 9.26 Å². The molecule has 3 rings (SSSR count). The number of guanidine groups is 1. The van der Waals surface area contributed by atoms with Gasteiger partial charge in [-0.3, -0.25) is 4.99 Å². The molecule has 1 N–H and O–H groups in total. The van der Waals surface area contributed by atoms with Crippen molar-refractivity contribution in [3.63, 3.8) is 0 Å². The fraction of sp³-hybridized carbons (Fsp3) is 0.444. The molecule has 0 amide bonds. The molecule has 6 nitrogen and oxygen atoms in total. The number of ether oxygens (including phenoxy) is 1. The summed E-state index contributed by atoms with van der Waals surface area (Å²) in [6.07, 6.45) is 1.12. The van der Waals surface area contributed by atoms with Crippen LogP contribution in [0.1, 0.15) is 12.1 Å². The lowest BCUT2D eigenvalue weighted by Crippen LogP contribution is -2.41. The normalized spacial score (nSPS) is 17.9. The monoisotopic (exact) mass is 328 g/mol. The highest BCUT2D eigenvalue weighted by Crippen LogP contribution is 2.19. The molecule has 1 unspecified atom stereocenters. The van der Waals surface area contributed by atoms with Crippen LogP contribution in [0.2, 0.25) is 0 Å². The van der Waals surface area contributed by atoms with E-state index in [1.54, 1.807) is 7.05 Å². The van der Waals surface area contributed by atoms with Gasteiger partial charge in [-0.2, -0.15) is 0 Å². The van der Waals surface area contributed by atoms with Crippen LogP contribution in [0.5, 0.6) is 0 Å². The van der Waals surface area contributed by atoms with Crippen molar-refractivity contribution in [2.75, 3.05) is 33.9 Å². The number of nitrogens with one attached hydrogen (secondary N) is 1. The van der Waals surface area contributed by atoms with E-state index in [2.05, 4.69) is 20.4 Å². The van der Waals surface area contributed by atoms with Crippen LogP contribution in [0.15, 0.2) is 45.9 Å². The minimum atomic E-state index is 0.574. The second-order valence-corrected chi connectivity index (χ2v) is 6.06. The van der Waals surface area contributed by atoms with E-state index in [0.717, 1.165) is 49.2 Å². The van der Waals surface area contributed by atoms with Gasteiger partial charge >= 0.3 is 0 Å². The molecule has 0 radical (unpaired) electrons. The second kappa shape index (κ2) is 7.97. The fourth-order valence-electron chi connectivity index (χ4n) is 2.89. The van der Waals surface area contributed by atoms with Crippen LogP contribution < -0.4 is 5.32 Å². The predicted molar refractivity (Wildman–Crippen MR) is 93.7 cm³/mol. The molecular formula is C18H24N4O2. The summed E-state index contributed by atoms with van der Waals surface area (Å²) < 4.78 is 10.9. The highest BCUT2D eigenvalue weighted by atomic mass is 16.5. The molecule has 24 heavy (non-hydrogen) atoms. The molecule has 1 aliphatic rings. The quantitative estimate of drug-likeness (QED) is 0.674. The zero-order valence-corrected chi connectivity index (χ0v) is 14.2. The molecule has 0 aliphatic carbocycles. The van der Waals surface area contributed by atoms with Crippen molar-refractivity contribution in [1.82, 2.24) is 15.4 Å². The lowest BCUT2D eigenvalue weighted by Gasteiger charge is -2.24. The summed E-state index contributed by atoms with van der Waals surface area (Å²) in [5.41, 5.74) is 1.88. The van der Waals surface area contributed by atoms with Gasteiger partial charge in [-0.15, -0.1) is 0 Å². The first-order chi connectivity index (χ1) is 11.8. The number of benzene rings is 1. The summed E-state index contributed by atoms with van der Waals surface area (Å²) in [5.74, 6) is 2.20. The number of aliphatic imine (C=N–C) groups is 1. The van der Waals surface area contributed by atoms with Gasteiger partial charge < -0.3 is 19.5 Å². The molecule has 6 heteroatoms. The summed E-state index contributed by atoms with van der Waals surface area (Å²) in [4.78, 5) is 6.48. The molecule has 2 aromatic rings. The maximum absolute atomic E-state index is 5.44. The van der Waals surface area contributed by atoms with Crippen molar-refractivity contribution >= 4 is 5.96 Å². The standard InChI is InChI=1S/C18H24N4O2/c1-19-18(22(2)12-14-8-9-23-13-14)20-11-16-10-17(24-21-16)15-6-4-3-5-7-15/h3-7,10,14H,8-9,11-13H2,1-2H3,(H,19,20). The zero-order chi connectivity index (χ0) is 16.8. The Balaban J connectivity index is 1.55. The molecule has 1 saturated heterocycles. The molecule has 128 valence electrons. The molecule has 2 heterocycles. The summed E-state index contributed by atoms with van der Waals surface area (Å²) in [5, 5.41) is 7.47. The third kappa shape index (κ3) is 4.14. The van der Waals surface area contributed by atoms with E-state index in [1.165, 1.54) is 0 Å². The Bertz CT molecular complexity index is 663. The minimum Gasteiger partial charge on any atom is -0.381 e. The molecule has 1 fully saturated rings. The van der Waals surface area contributed by atoms with Crippen LogP contribution in [0.3, 0.4) is 0 Å². The molecular weight excluding hydrogens is 304 g/mol. The maximum Gasteiger partial charge on any atom is 0.193 e. The topological polar surface area (TPSA) is 62.9 Å². The smallest absolute Gasteiger partial charge is 0.193 e. The molecule has 1 atom stereocenters. The first kappa shape index (κ1) is 16.5. The highest BCUT2D eigenvalue weighted by molar-refractivity contribution is 5.79. The first-order valence-electron chi connectivity index (χ1n) is 8.27. The Morgan fingerprint density at radius 2 is 2.21 bits per heavy atom. The number of nitrogens with zero attached hydrogens (tertiary/aromatic N) is 3. The SMILES string of the molecule is CN=C(NCc1cc(-c2ccccc2)on1)N(C)CC1CCOC1. The summed E-state index contributed by atoms with van der Waals surface area (Å²) in [6, 6.07) is 11.9. The Kier molecular flexibility index (Phi) is 5.48. The van der Waals surface area contributed by atoms with Crippen molar-refractivity contribution in [1.29, 1.82) is 0 Å². The Morgan fingerprint density at radius 1 is 1.38 bits per heavy atom. The largest absolute Gasteiger partial charge is 0.381 e. The molecule has 1 aliphatic heterocycles. The van der Waals surface area contributed by atoms with Gasteiger partial charge in [0.15, 0.2) is 11.7 Å². The molecule has 0 spiro atoms. The number of aromatic nitrogens is 1. The average molecular weight is 328 g/mol. The van der Waals surface area contributed by atoms with Crippen LogP contribution in [0, 0.1) is 5.92 Å². The molecule has 1 aromatic carbocycles. The van der Waals surface area contributed by atoms with E-state index in [9.17, 15) is 0 Å². The van der Waals surface area contributed by atoms with Crippen molar-refractivity contribution in [3.05, 3.63) is 42.1 Å². The lowest BCUT2D eigenvalue weighted by molar-refractivity contribution is 0.181. The number of rotatable bonds is 5. The van der Waals surface area contributed by atoms with Crippen LogP contribution in [-0.2, 0) is 11.3 Å². The first-order valence-corrected chi connectivity index (χ1v) is 8.27. The summed E-state index contributed by atoms with van der Waals surface area (Å²) in [7, 11) is 3.84. The van der Waals surface area contributed by atoms with E-state index >= 15 is 0 Å². The van der Waals surface area contributed by atoms with Crippen molar-refractivity contribution in [2.45, 2.75) is 13.0 Å². The number of hydrogen-bond acceptors (Lipinski definition) is 4. The Morgan fingerprint density at radius 3 is 2.92 bits per heavy atom. The van der Waals surface area contributed by atoms with Gasteiger partial charge in [0, 0.05) is 44.8 Å².